The molecular formula is C13H13NS. The minimum absolute atomic E-state index is 0.133. The Labute approximate surface area is 92.9 Å². The predicted octanol–water partition coefficient (Wildman–Crippen LogP) is 3.54. The Kier molecular flexibility index (Phi) is 3.30. The molecule has 0 radical (unpaired) electrons. The molecule has 0 heterocycles. The van der Waals surface area contributed by atoms with Gasteiger partial charge in [0.25, 0.3) is 0 Å². The summed E-state index contributed by atoms with van der Waals surface area (Å²) in [5.74, 6) is 0. The Morgan fingerprint density at radius 1 is 0.733 bits per heavy atom. The van der Waals surface area contributed by atoms with Crippen molar-refractivity contribution >= 4 is 10.7 Å². The van der Waals surface area contributed by atoms with Crippen molar-refractivity contribution in [2.45, 2.75) is 9.79 Å². The van der Waals surface area contributed by atoms with Gasteiger partial charge in [0.15, 0.2) is 0 Å². The van der Waals surface area contributed by atoms with E-state index in [4.69, 9.17) is 0 Å². The second-order valence-electron chi connectivity index (χ2n) is 3.09. The monoisotopic (exact) mass is 215 g/mol. The Hall–Kier alpha value is -1.41. The van der Waals surface area contributed by atoms with Gasteiger partial charge in [-0.05, 0) is 35.0 Å². The minimum Gasteiger partial charge on any atom is -0.259 e. The number of rotatable bonds is 2. The second kappa shape index (κ2) is 4.89. The molecule has 2 aromatic rings. The van der Waals surface area contributed by atoms with Crippen molar-refractivity contribution in [3.8, 4) is 0 Å². The van der Waals surface area contributed by atoms with Gasteiger partial charge in [0.1, 0.15) is 0 Å². The van der Waals surface area contributed by atoms with E-state index in [0.717, 1.165) is 0 Å². The third-order valence-corrected chi connectivity index (χ3v) is 3.92. The summed E-state index contributed by atoms with van der Waals surface area (Å²) >= 11 is 0. The van der Waals surface area contributed by atoms with Gasteiger partial charge in [-0.2, -0.15) is 0 Å². The van der Waals surface area contributed by atoms with Crippen LogP contribution in [0.15, 0.2) is 74.8 Å². The van der Waals surface area contributed by atoms with Gasteiger partial charge in [-0.25, -0.2) is 0 Å². The fourth-order valence-corrected chi connectivity index (χ4v) is 2.97. The summed E-state index contributed by atoms with van der Waals surface area (Å²) in [5, 5.41) is 0. The molecule has 0 fully saturated rings. The first-order valence-corrected chi connectivity index (χ1v) is 6.04. The summed E-state index contributed by atoms with van der Waals surface area (Å²) in [5.41, 5.74) is 0. The molecule has 0 saturated carbocycles. The standard InChI is InChI=1S/C13H13NS/c1-14-15(12-8-4-2-5-9-12)13-10-6-3-7-11-13/h2-11H,1H3. The van der Waals surface area contributed by atoms with E-state index in [1.165, 1.54) is 9.79 Å². The predicted molar refractivity (Wildman–Crippen MR) is 65.1 cm³/mol. The van der Waals surface area contributed by atoms with E-state index in [-0.39, 0.29) is 10.7 Å². The van der Waals surface area contributed by atoms with Crippen molar-refractivity contribution in [3.05, 3.63) is 60.7 Å². The molecule has 0 unspecified atom stereocenters. The molecule has 0 spiro atoms. The molecule has 2 aromatic carbocycles. The highest BCUT2D eigenvalue weighted by molar-refractivity contribution is 7.87. The molecule has 0 aromatic heterocycles. The van der Waals surface area contributed by atoms with Gasteiger partial charge in [-0.3, -0.25) is 4.36 Å². The lowest BCUT2D eigenvalue weighted by atomic mass is 10.4. The van der Waals surface area contributed by atoms with Crippen LogP contribution in [0.25, 0.3) is 0 Å². The summed E-state index contributed by atoms with van der Waals surface area (Å²) in [6.07, 6.45) is 0. The van der Waals surface area contributed by atoms with Crippen LogP contribution in [0.1, 0.15) is 0 Å². The van der Waals surface area contributed by atoms with Gasteiger partial charge in [0.05, 0.1) is 0 Å². The quantitative estimate of drug-likeness (QED) is 0.726. The van der Waals surface area contributed by atoms with E-state index in [0.29, 0.717) is 0 Å². The molecule has 0 amide bonds. The maximum absolute atomic E-state index is 4.46. The van der Waals surface area contributed by atoms with Crippen molar-refractivity contribution in [2.24, 2.45) is 4.36 Å². The van der Waals surface area contributed by atoms with Crippen molar-refractivity contribution < 1.29 is 0 Å². The maximum atomic E-state index is 4.46. The zero-order chi connectivity index (χ0) is 10.5. The maximum Gasteiger partial charge on any atom is 0.0354 e. The normalized spacial score (nSPS) is 10.3. The number of hydrogen-bond acceptors (Lipinski definition) is 1. The molecule has 2 heteroatoms. The number of nitrogens with zero attached hydrogens (tertiary/aromatic N) is 1. The summed E-state index contributed by atoms with van der Waals surface area (Å²) in [7, 11) is 1.74. The topological polar surface area (TPSA) is 12.4 Å². The largest absolute Gasteiger partial charge is 0.259 e. The molecule has 0 saturated heterocycles. The van der Waals surface area contributed by atoms with Crippen LogP contribution in [-0.2, 0) is 10.7 Å². The van der Waals surface area contributed by atoms with E-state index < -0.39 is 0 Å². The molecule has 2 rings (SSSR count). The Bertz CT molecular complexity index is 407. The van der Waals surface area contributed by atoms with Gasteiger partial charge >= 0.3 is 0 Å². The molecule has 0 atom stereocenters. The van der Waals surface area contributed by atoms with Gasteiger partial charge in [-0.1, -0.05) is 36.4 Å². The molecule has 0 aliphatic rings. The van der Waals surface area contributed by atoms with E-state index in [1.54, 1.807) is 0 Å². The zero-order valence-electron chi connectivity index (χ0n) is 8.63. The van der Waals surface area contributed by atoms with Crippen LogP contribution in [0.3, 0.4) is 0 Å². The second-order valence-corrected chi connectivity index (χ2v) is 4.97. The lowest BCUT2D eigenvalue weighted by molar-refractivity contribution is 1.35. The van der Waals surface area contributed by atoms with Crippen LogP contribution in [0, 0.1) is 0 Å². The number of hydrogen-bond donors (Lipinski definition) is 0. The van der Waals surface area contributed by atoms with Crippen molar-refractivity contribution in [3.63, 3.8) is 0 Å². The van der Waals surface area contributed by atoms with Gasteiger partial charge < -0.3 is 0 Å². The molecule has 76 valence electrons. The van der Waals surface area contributed by atoms with Crippen molar-refractivity contribution in [1.29, 1.82) is 0 Å². The van der Waals surface area contributed by atoms with Crippen LogP contribution in [0.2, 0.25) is 0 Å². The highest BCUT2D eigenvalue weighted by atomic mass is 32.2. The van der Waals surface area contributed by atoms with E-state index in [2.05, 4.69) is 52.9 Å². The van der Waals surface area contributed by atoms with Crippen LogP contribution in [-0.4, -0.2) is 7.05 Å². The summed E-state index contributed by atoms with van der Waals surface area (Å²) in [6, 6.07) is 20.8. The van der Waals surface area contributed by atoms with Crippen LogP contribution in [0.5, 0.6) is 0 Å². The van der Waals surface area contributed by atoms with Crippen molar-refractivity contribution in [1.82, 2.24) is 0 Å². The number of benzene rings is 2. The van der Waals surface area contributed by atoms with Crippen molar-refractivity contribution in [2.75, 3.05) is 7.05 Å². The van der Waals surface area contributed by atoms with Crippen LogP contribution >= 0.6 is 0 Å². The van der Waals surface area contributed by atoms with Gasteiger partial charge in [0.2, 0.25) is 0 Å². The zero-order valence-corrected chi connectivity index (χ0v) is 9.45. The average Bonchev–Trinajstić information content (AvgIpc) is 2.33. The highest BCUT2D eigenvalue weighted by Gasteiger charge is 2.01. The van der Waals surface area contributed by atoms with E-state index >= 15 is 0 Å². The SMILES string of the molecule is CN=S(c1ccccc1)c1ccccc1. The smallest absolute Gasteiger partial charge is 0.0354 e. The Balaban J connectivity index is 2.44. The molecule has 0 N–H and O–H groups in total. The summed E-state index contributed by atoms with van der Waals surface area (Å²) in [6.45, 7) is 0. The summed E-state index contributed by atoms with van der Waals surface area (Å²) in [4.78, 5) is 2.54. The molecule has 0 bridgehead atoms. The van der Waals surface area contributed by atoms with Crippen LogP contribution in [0.4, 0.5) is 0 Å². The first-order valence-electron chi connectivity index (χ1n) is 4.86. The molecule has 1 nitrogen and oxygen atoms in total. The van der Waals surface area contributed by atoms with Gasteiger partial charge in [0, 0.05) is 16.8 Å². The fraction of sp³-hybridized carbons (Fsp3) is 0.0769. The lowest BCUT2D eigenvalue weighted by Gasteiger charge is -2.06. The third-order valence-electron chi connectivity index (χ3n) is 2.12. The summed E-state index contributed by atoms with van der Waals surface area (Å²) < 4.78 is 4.46. The molecular weight excluding hydrogens is 202 g/mol. The molecule has 0 aliphatic carbocycles. The van der Waals surface area contributed by atoms with E-state index in [1.807, 2.05) is 19.2 Å². The van der Waals surface area contributed by atoms with Crippen LogP contribution < -0.4 is 0 Å². The first kappa shape index (κ1) is 10.1. The Morgan fingerprint density at radius 3 is 1.47 bits per heavy atom. The van der Waals surface area contributed by atoms with E-state index in [9.17, 15) is 0 Å². The van der Waals surface area contributed by atoms with Gasteiger partial charge in [-0.15, -0.1) is 0 Å². The molecule has 15 heavy (non-hydrogen) atoms. The lowest BCUT2D eigenvalue weighted by Crippen LogP contribution is -1.91. The third kappa shape index (κ3) is 2.34. The highest BCUT2D eigenvalue weighted by Crippen LogP contribution is 2.17. The minimum atomic E-state index is -0.133. The Morgan fingerprint density at radius 2 is 1.13 bits per heavy atom. The molecule has 0 aliphatic heterocycles. The fourth-order valence-electron chi connectivity index (χ4n) is 1.45. The average molecular weight is 215 g/mol. The first-order chi connectivity index (χ1) is 7.42.